The number of carbonyl (C=O) groups excluding carboxylic acids is 2. The van der Waals surface area contributed by atoms with Gasteiger partial charge in [0.05, 0.1) is 13.1 Å². The monoisotopic (exact) mass is 379 g/mol. The van der Waals surface area contributed by atoms with E-state index in [0.29, 0.717) is 25.4 Å². The summed E-state index contributed by atoms with van der Waals surface area (Å²) < 4.78 is 24.2. The average molecular weight is 379 g/mol. The van der Waals surface area contributed by atoms with E-state index in [0.717, 1.165) is 25.9 Å². The van der Waals surface area contributed by atoms with Crippen LogP contribution in [0.15, 0.2) is 24.3 Å². The van der Waals surface area contributed by atoms with Gasteiger partial charge in [-0.3, -0.25) is 14.5 Å². The van der Waals surface area contributed by atoms with Crippen molar-refractivity contribution in [3.63, 3.8) is 0 Å². The Morgan fingerprint density at radius 2 is 2.00 bits per heavy atom. The predicted octanol–water partition coefficient (Wildman–Crippen LogP) is 0.642. The molecule has 0 radical (unpaired) electrons. The Bertz CT molecular complexity index is 647. The van der Waals surface area contributed by atoms with Crippen molar-refractivity contribution in [3.05, 3.63) is 30.1 Å². The van der Waals surface area contributed by atoms with Crippen molar-refractivity contribution in [1.82, 2.24) is 15.1 Å². The molecule has 148 valence electrons. The van der Waals surface area contributed by atoms with E-state index in [2.05, 4.69) is 10.2 Å². The lowest BCUT2D eigenvalue weighted by Crippen LogP contribution is -2.55. The summed E-state index contributed by atoms with van der Waals surface area (Å²) in [5.74, 6) is 0.272. The number of hydrogen-bond donors (Lipinski definition) is 1. The van der Waals surface area contributed by atoms with Crippen molar-refractivity contribution in [1.29, 1.82) is 0 Å². The molecule has 0 spiro atoms. The number of piperidine rings is 1. The lowest BCUT2D eigenvalue weighted by Gasteiger charge is -2.41. The molecule has 1 unspecified atom stereocenters. The average Bonchev–Trinajstić information content (AvgIpc) is 2.69. The van der Waals surface area contributed by atoms with Crippen LogP contribution in [0, 0.1) is 5.82 Å². The van der Waals surface area contributed by atoms with Gasteiger partial charge >= 0.3 is 0 Å². The highest BCUT2D eigenvalue weighted by Gasteiger charge is 2.34. The fourth-order valence-electron chi connectivity index (χ4n) is 3.49. The zero-order valence-corrected chi connectivity index (χ0v) is 15.5. The minimum Gasteiger partial charge on any atom is -0.491 e. The maximum atomic E-state index is 12.9. The summed E-state index contributed by atoms with van der Waals surface area (Å²) in [5.41, 5.74) is 0. The number of ether oxygens (including phenoxy) is 2. The summed E-state index contributed by atoms with van der Waals surface area (Å²) in [6, 6.07) is 6.00. The summed E-state index contributed by atoms with van der Waals surface area (Å²) >= 11 is 0. The zero-order chi connectivity index (χ0) is 19.2. The first-order chi connectivity index (χ1) is 13.0. The van der Waals surface area contributed by atoms with Gasteiger partial charge in [0.2, 0.25) is 11.8 Å². The van der Waals surface area contributed by atoms with Crippen molar-refractivity contribution >= 4 is 11.8 Å². The second kappa shape index (κ2) is 9.14. The van der Waals surface area contributed by atoms with Crippen molar-refractivity contribution in [2.45, 2.75) is 25.0 Å². The lowest BCUT2D eigenvalue weighted by atomic mass is 10.0. The van der Waals surface area contributed by atoms with Crippen LogP contribution in [0.25, 0.3) is 0 Å². The number of likely N-dealkylation sites (N-methyl/N-ethyl adjacent to an activating group) is 1. The van der Waals surface area contributed by atoms with Gasteiger partial charge in [-0.2, -0.15) is 0 Å². The molecule has 2 heterocycles. The van der Waals surface area contributed by atoms with E-state index in [9.17, 15) is 14.0 Å². The molecule has 0 saturated carbocycles. The van der Waals surface area contributed by atoms with E-state index < -0.39 is 0 Å². The van der Waals surface area contributed by atoms with E-state index in [1.54, 1.807) is 19.2 Å². The molecule has 1 N–H and O–H groups in total. The fraction of sp³-hybridized carbons (Fsp3) is 0.579. The van der Waals surface area contributed by atoms with Gasteiger partial charge in [0.25, 0.3) is 0 Å². The molecule has 2 aliphatic heterocycles. The van der Waals surface area contributed by atoms with Crippen LogP contribution in [0.3, 0.4) is 0 Å². The first-order valence-corrected chi connectivity index (χ1v) is 9.27. The van der Waals surface area contributed by atoms with Crippen LogP contribution in [-0.4, -0.2) is 80.2 Å². The molecule has 27 heavy (non-hydrogen) atoms. The van der Waals surface area contributed by atoms with Gasteiger partial charge in [0.15, 0.2) is 0 Å². The summed E-state index contributed by atoms with van der Waals surface area (Å²) in [7, 11) is 1.63. The van der Waals surface area contributed by atoms with Crippen molar-refractivity contribution < 1.29 is 23.5 Å². The van der Waals surface area contributed by atoms with Crippen LogP contribution in [0.2, 0.25) is 0 Å². The van der Waals surface area contributed by atoms with E-state index in [-0.39, 0.29) is 36.4 Å². The van der Waals surface area contributed by atoms with Crippen molar-refractivity contribution in [3.8, 4) is 5.75 Å². The van der Waals surface area contributed by atoms with Crippen LogP contribution >= 0.6 is 0 Å². The Labute approximate surface area is 158 Å². The molecule has 0 aliphatic carbocycles. The number of nitrogens with zero attached hydrogens (tertiary/aromatic N) is 2. The topological polar surface area (TPSA) is 71.1 Å². The van der Waals surface area contributed by atoms with Gasteiger partial charge in [-0.1, -0.05) is 0 Å². The maximum Gasteiger partial charge on any atom is 0.248 e. The molecular weight excluding hydrogens is 353 g/mol. The normalized spacial score (nSPS) is 21.9. The van der Waals surface area contributed by atoms with Crippen molar-refractivity contribution in [2.75, 3.05) is 46.4 Å². The van der Waals surface area contributed by atoms with Crippen LogP contribution in [0.5, 0.6) is 5.75 Å². The van der Waals surface area contributed by atoms with Gasteiger partial charge in [0, 0.05) is 26.2 Å². The first kappa shape index (κ1) is 19.6. The number of rotatable bonds is 6. The molecule has 1 aromatic carbocycles. The Morgan fingerprint density at radius 3 is 2.67 bits per heavy atom. The summed E-state index contributed by atoms with van der Waals surface area (Å²) in [4.78, 5) is 27.8. The number of carbonyl (C=O) groups is 2. The Kier molecular flexibility index (Phi) is 6.63. The number of hydrogen-bond acceptors (Lipinski definition) is 5. The molecule has 2 fully saturated rings. The Balaban J connectivity index is 1.48. The predicted molar refractivity (Wildman–Crippen MR) is 96.9 cm³/mol. The number of halogens is 1. The molecule has 0 aromatic heterocycles. The summed E-state index contributed by atoms with van der Waals surface area (Å²) in [5, 5.41) is 2.63. The first-order valence-electron chi connectivity index (χ1n) is 9.27. The SMILES string of the molecule is CNC(=O)CN1CCC(N2CC(COc3ccc(F)cc3)OCC2=O)CC1. The van der Waals surface area contributed by atoms with E-state index in [1.807, 2.05) is 4.90 Å². The van der Waals surface area contributed by atoms with Gasteiger partial charge < -0.3 is 19.7 Å². The molecule has 2 amide bonds. The highest BCUT2D eigenvalue weighted by atomic mass is 19.1. The third-order valence-electron chi connectivity index (χ3n) is 5.06. The van der Waals surface area contributed by atoms with Gasteiger partial charge in [-0.25, -0.2) is 4.39 Å². The number of amides is 2. The molecule has 0 bridgehead atoms. The largest absolute Gasteiger partial charge is 0.491 e. The van der Waals surface area contributed by atoms with Gasteiger partial charge in [-0.05, 0) is 37.1 Å². The molecule has 7 nitrogen and oxygen atoms in total. The van der Waals surface area contributed by atoms with Crippen LogP contribution in [0.4, 0.5) is 4.39 Å². The molecule has 2 aliphatic rings. The molecule has 2 saturated heterocycles. The third kappa shape index (κ3) is 5.40. The number of nitrogens with one attached hydrogen (secondary N) is 1. The second-order valence-electron chi connectivity index (χ2n) is 6.92. The third-order valence-corrected chi connectivity index (χ3v) is 5.06. The smallest absolute Gasteiger partial charge is 0.248 e. The molecular formula is C19H26FN3O4. The lowest BCUT2D eigenvalue weighted by molar-refractivity contribution is -0.155. The summed E-state index contributed by atoms with van der Waals surface area (Å²) in [6.45, 7) is 2.83. The fourth-order valence-corrected chi connectivity index (χ4v) is 3.49. The highest BCUT2D eigenvalue weighted by Crippen LogP contribution is 2.21. The molecule has 1 aromatic rings. The maximum absolute atomic E-state index is 12.9. The number of likely N-dealkylation sites (tertiary alicyclic amines) is 1. The minimum absolute atomic E-state index is 0.00205. The van der Waals surface area contributed by atoms with E-state index >= 15 is 0 Å². The molecule has 1 atom stereocenters. The van der Waals surface area contributed by atoms with E-state index in [4.69, 9.17) is 9.47 Å². The Morgan fingerprint density at radius 1 is 1.30 bits per heavy atom. The molecule has 3 rings (SSSR count). The number of morpholine rings is 1. The quantitative estimate of drug-likeness (QED) is 0.786. The minimum atomic E-state index is -0.309. The highest BCUT2D eigenvalue weighted by molar-refractivity contribution is 5.78. The van der Waals surface area contributed by atoms with Gasteiger partial charge in [-0.15, -0.1) is 0 Å². The standard InChI is InChI=1S/C19H26FN3O4/c1-21-18(24)11-22-8-6-15(7-9-22)23-10-17(27-13-19(23)25)12-26-16-4-2-14(20)3-5-16/h2-5,15,17H,6-13H2,1H3,(H,21,24). The van der Waals surface area contributed by atoms with Crippen LogP contribution in [-0.2, 0) is 14.3 Å². The van der Waals surface area contributed by atoms with Crippen molar-refractivity contribution in [2.24, 2.45) is 0 Å². The molecule has 8 heteroatoms. The number of benzene rings is 1. The van der Waals surface area contributed by atoms with Crippen LogP contribution in [0.1, 0.15) is 12.8 Å². The van der Waals surface area contributed by atoms with E-state index in [1.165, 1.54) is 12.1 Å². The van der Waals surface area contributed by atoms with Crippen LogP contribution < -0.4 is 10.1 Å². The summed E-state index contributed by atoms with van der Waals surface area (Å²) in [6.07, 6.45) is 1.47. The zero-order valence-electron chi connectivity index (χ0n) is 15.5. The second-order valence-corrected chi connectivity index (χ2v) is 6.92. The Hall–Kier alpha value is -2.19. The van der Waals surface area contributed by atoms with Gasteiger partial charge in [0.1, 0.15) is 30.9 Å².